The predicted octanol–water partition coefficient (Wildman–Crippen LogP) is 2.27. The van der Waals surface area contributed by atoms with E-state index >= 15 is 0 Å². The van der Waals surface area contributed by atoms with Crippen molar-refractivity contribution in [3.8, 4) is 0 Å². The molecule has 2 aliphatic rings. The second-order valence-corrected chi connectivity index (χ2v) is 5.45. The molecule has 1 heterocycles. The smallest absolute Gasteiger partial charge is 0.0480 e. The number of halogens is 1. The van der Waals surface area contributed by atoms with Gasteiger partial charge in [-0.3, -0.25) is 0 Å². The van der Waals surface area contributed by atoms with E-state index in [0.29, 0.717) is 5.41 Å². The monoisotopic (exact) mass is 261 g/mol. The highest BCUT2D eigenvalue weighted by Gasteiger charge is 2.43. The Labute approximate surface area is 95.1 Å². The molecule has 0 aromatic rings. The molecule has 0 bridgehead atoms. The first-order chi connectivity index (χ1) is 6.76. The maximum absolute atomic E-state index is 5.39. The minimum atomic E-state index is 0.618. The Hall–Kier alpha value is 0.400. The Bertz CT molecular complexity index is 188. The zero-order valence-electron chi connectivity index (χ0n) is 8.97. The highest BCUT2D eigenvalue weighted by molar-refractivity contribution is 9.09. The van der Waals surface area contributed by atoms with Crippen molar-refractivity contribution < 1.29 is 4.74 Å². The number of hydrogen-bond acceptors (Lipinski definition) is 2. The molecule has 1 aliphatic heterocycles. The SMILES string of the molecule is CN(CC1(CBr)CC1)C1CCOCC1. The summed E-state index contributed by atoms with van der Waals surface area (Å²) >= 11 is 3.63. The summed E-state index contributed by atoms with van der Waals surface area (Å²) < 4.78 is 5.39. The van der Waals surface area contributed by atoms with E-state index in [0.717, 1.165) is 19.3 Å². The first-order valence-corrected chi connectivity index (χ1v) is 6.72. The van der Waals surface area contributed by atoms with Gasteiger partial charge in [0.25, 0.3) is 0 Å². The van der Waals surface area contributed by atoms with Crippen LogP contribution in [0.25, 0.3) is 0 Å². The van der Waals surface area contributed by atoms with Crippen LogP contribution in [0.3, 0.4) is 0 Å². The topological polar surface area (TPSA) is 12.5 Å². The first kappa shape index (κ1) is 10.9. The molecule has 3 heteroatoms. The molecule has 0 aromatic heterocycles. The van der Waals surface area contributed by atoms with Crippen molar-refractivity contribution in [2.45, 2.75) is 31.7 Å². The lowest BCUT2D eigenvalue weighted by Gasteiger charge is -2.33. The average molecular weight is 262 g/mol. The van der Waals surface area contributed by atoms with E-state index in [4.69, 9.17) is 4.74 Å². The third-order valence-electron chi connectivity index (χ3n) is 3.64. The zero-order chi connectivity index (χ0) is 10.0. The van der Waals surface area contributed by atoms with Crippen LogP contribution in [0, 0.1) is 5.41 Å². The molecule has 2 fully saturated rings. The van der Waals surface area contributed by atoms with E-state index in [-0.39, 0.29) is 0 Å². The predicted molar refractivity (Wildman–Crippen MR) is 61.9 cm³/mol. The van der Waals surface area contributed by atoms with Crippen LogP contribution >= 0.6 is 15.9 Å². The lowest BCUT2D eigenvalue weighted by Crippen LogP contribution is -2.40. The second-order valence-electron chi connectivity index (χ2n) is 4.89. The van der Waals surface area contributed by atoms with E-state index < -0.39 is 0 Å². The average Bonchev–Trinajstić information content (AvgIpc) is 3.00. The second kappa shape index (κ2) is 4.50. The molecule has 0 unspecified atom stereocenters. The third-order valence-corrected chi connectivity index (χ3v) is 4.83. The Morgan fingerprint density at radius 3 is 2.50 bits per heavy atom. The maximum atomic E-state index is 5.39. The van der Waals surface area contributed by atoms with Gasteiger partial charge in [-0.2, -0.15) is 0 Å². The molecule has 1 aliphatic carbocycles. The van der Waals surface area contributed by atoms with E-state index in [2.05, 4.69) is 27.9 Å². The van der Waals surface area contributed by atoms with Gasteiger partial charge in [0.2, 0.25) is 0 Å². The van der Waals surface area contributed by atoms with Crippen molar-refractivity contribution in [3.63, 3.8) is 0 Å². The van der Waals surface area contributed by atoms with Gasteiger partial charge in [0.15, 0.2) is 0 Å². The number of hydrogen-bond donors (Lipinski definition) is 0. The van der Waals surface area contributed by atoms with Crippen LogP contribution in [0.5, 0.6) is 0 Å². The summed E-state index contributed by atoms with van der Waals surface area (Å²) in [6, 6.07) is 0.764. The largest absolute Gasteiger partial charge is 0.381 e. The van der Waals surface area contributed by atoms with Crippen molar-refractivity contribution in [2.75, 3.05) is 32.1 Å². The summed E-state index contributed by atoms with van der Waals surface area (Å²) in [5.41, 5.74) is 0.618. The summed E-state index contributed by atoms with van der Waals surface area (Å²) in [5.74, 6) is 0. The normalized spacial score (nSPS) is 26.8. The molecule has 2 rings (SSSR count). The third kappa shape index (κ3) is 2.50. The minimum absolute atomic E-state index is 0.618. The molecule has 1 saturated heterocycles. The Morgan fingerprint density at radius 1 is 1.36 bits per heavy atom. The number of ether oxygens (including phenoxy) is 1. The Balaban J connectivity index is 1.79. The van der Waals surface area contributed by atoms with E-state index in [1.54, 1.807) is 0 Å². The summed E-state index contributed by atoms with van der Waals surface area (Å²) in [6.45, 7) is 3.18. The summed E-state index contributed by atoms with van der Waals surface area (Å²) in [5, 5.41) is 1.17. The maximum Gasteiger partial charge on any atom is 0.0480 e. The Morgan fingerprint density at radius 2 is 2.00 bits per heavy atom. The molecule has 0 radical (unpaired) electrons. The molecule has 2 nitrogen and oxygen atoms in total. The fraction of sp³-hybridized carbons (Fsp3) is 1.00. The van der Waals surface area contributed by atoms with Crippen molar-refractivity contribution in [1.82, 2.24) is 4.90 Å². The summed E-state index contributed by atoms with van der Waals surface area (Å²) in [6.07, 6.45) is 5.25. The molecular weight excluding hydrogens is 242 g/mol. The van der Waals surface area contributed by atoms with Crippen LogP contribution in [0.4, 0.5) is 0 Å². The van der Waals surface area contributed by atoms with Crippen LogP contribution in [0.1, 0.15) is 25.7 Å². The first-order valence-electron chi connectivity index (χ1n) is 5.60. The quantitative estimate of drug-likeness (QED) is 0.721. The molecule has 1 saturated carbocycles. The van der Waals surface area contributed by atoms with Gasteiger partial charge in [-0.25, -0.2) is 0 Å². The van der Waals surface area contributed by atoms with Crippen molar-refractivity contribution >= 4 is 15.9 Å². The molecule has 82 valence electrons. The fourth-order valence-electron chi connectivity index (χ4n) is 2.29. The van der Waals surface area contributed by atoms with Gasteiger partial charge in [0.05, 0.1) is 0 Å². The van der Waals surface area contributed by atoms with Gasteiger partial charge >= 0.3 is 0 Å². The van der Waals surface area contributed by atoms with Gasteiger partial charge in [-0.05, 0) is 38.1 Å². The minimum Gasteiger partial charge on any atom is -0.381 e. The molecule has 0 N–H and O–H groups in total. The molecule has 0 amide bonds. The number of nitrogens with zero attached hydrogens (tertiary/aromatic N) is 1. The summed E-state index contributed by atoms with van der Waals surface area (Å²) in [7, 11) is 2.28. The van der Waals surface area contributed by atoms with Crippen molar-refractivity contribution in [2.24, 2.45) is 5.41 Å². The lowest BCUT2D eigenvalue weighted by atomic mass is 10.0. The Kier molecular flexibility index (Phi) is 3.50. The molecule has 0 spiro atoms. The lowest BCUT2D eigenvalue weighted by molar-refractivity contribution is 0.0379. The van der Waals surface area contributed by atoms with E-state index in [1.165, 1.54) is 37.6 Å². The van der Waals surface area contributed by atoms with Gasteiger partial charge in [0.1, 0.15) is 0 Å². The van der Waals surface area contributed by atoms with E-state index in [1.807, 2.05) is 0 Å². The van der Waals surface area contributed by atoms with Crippen LogP contribution in [0.2, 0.25) is 0 Å². The highest BCUT2D eigenvalue weighted by Crippen LogP contribution is 2.47. The van der Waals surface area contributed by atoms with E-state index in [9.17, 15) is 0 Å². The van der Waals surface area contributed by atoms with Crippen LogP contribution in [-0.2, 0) is 4.74 Å². The van der Waals surface area contributed by atoms with Crippen molar-refractivity contribution in [1.29, 1.82) is 0 Å². The van der Waals surface area contributed by atoms with Gasteiger partial charge < -0.3 is 9.64 Å². The standard InChI is InChI=1S/C11H20BrNO/c1-13(9-11(8-12)4-5-11)10-2-6-14-7-3-10/h10H,2-9H2,1H3. The fourth-order valence-corrected chi connectivity index (χ4v) is 3.03. The zero-order valence-corrected chi connectivity index (χ0v) is 10.6. The molecular formula is C11H20BrNO. The van der Waals surface area contributed by atoms with Gasteiger partial charge in [0, 0.05) is 31.1 Å². The highest BCUT2D eigenvalue weighted by atomic mass is 79.9. The molecule has 0 atom stereocenters. The number of alkyl halides is 1. The van der Waals surface area contributed by atoms with Gasteiger partial charge in [-0.15, -0.1) is 0 Å². The van der Waals surface area contributed by atoms with Crippen LogP contribution in [-0.4, -0.2) is 43.1 Å². The molecule has 14 heavy (non-hydrogen) atoms. The molecule has 0 aromatic carbocycles. The van der Waals surface area contributed by atoms with Gasteiger partial charge in [-0.1, -0.05) is 15.9 Å². The number of rotatable bonds is 4. The summed E-state index contributed by atoms with van der Waals surface area (Å²) in [4.78, 5) is 2.55. The van der Waals surface area contributed by atoms with Crippen LogP contribution < -0.4 is 0 Å². The van der Waals surface area contributed by atoms with Crippen LogP contribution in [0.15, 0.2) is 0 Å². The van der Waals surface area contributed by atoms with Crippen molar-refractivity contribution in [3.05, 3.63) is 0 Å².